The van der Waals surface area contributed by atoms with E-state index >= 15 is 0 Å². The fourth-order valence-corrected chi connectivity index (χ4v) is 2.22. The molecule has 1 nitrogen and oxygen atoms in total. The standard InChI is InChI=1S/C10H21NS/c1-11-10(9-6-7-9)5-3-4-8-12-2/h9-11H,3-8H2,1-2H3. The molecule has 1 saturated carbocycles. The zero-order valence-corrected chi connectivity index (χ0v) is 9.12. The molecular weight excluding hydrogens is 166 g/mol. The number of unbranched alkanes of at least 4 members (excludes halogenated alkanes) is 1. The number of thioether (sulfide) groups is 1. The van der Waals surface area contributed by atoms with Crippen LogP contribution in [-0.4, -0.2) is 25.1 Å². The Balaban J connectivity index is 1.95. The van der Waals surface area contributed by atoms with Gasteiger partial charge in [0.05, 0.1) is 0 Å². The van der Waals surface area contributed by atoms with Crippen molar-refractivity contribution in [3.63, 3.8) is 0 Å². The molecule has 1 unspecified atom stereocenters. The summed E-state index contributed by atoms with van der Waals surface area (Å²) in [7, 11) is 2.11. The zero-order valence-electron chi connectivity index (χ0n) is 8.31. The molecule has 0 amide bonds. The monoisotopic (exact) mass is 187 g/mol. The second-order valence-electron chi connectivity index (χ2n) is 3.72. The first-order valence-electron chi connectivity index (χ1n) is 5.04. The Labute approximate surface area is 80.7 Å². The summed E-state index contributed by atoms with van der Waals surface area (Å²) in [6.07, 6.45) is 9.31. The van der Waals surface area contributed by atoms with Crippen LogP contribution in [0.1, 0.15) is 32.1 Å². The van der Waals surface area contributed by atoms with Gasteiger partial charge in [-0.2, -0.15) is 11.8 Å². The van der Waals surface area contributed by atoms with Gasteiger partial charge in [0.15, 0.2) is 0 Å². The number of rotatable bonds is 7. The first-order valence-corrected chi connectivity index (χ1v) is 6.44. The summed E-state index contributed by atoms with van der Waals surface area (Å²) >= 11 is 1.96. The van der Waals surface area contributed by atoms with Gasteiger partial charge in [-0.05, 0) is 50.7 Å². The highest BCUT2D eigenvalue weighted by molar-refractivity contribution is 7.98. The second-order valence-corrected chi connectivity index (χ2v) is 4.71. The van der Waals surface area contributed by atoms with Crippen molar-refractivity contribution >= 4 is 11.8 Å². The van der Waals surface area contributed by atoms with Crippen molar-refractivity contribution in [2.24, 2.45) is 5.92 Å². The summed E-state index contributed by atoms with van der Waals surface area (Å²) < 4.78 is 0. The highest BCUT2D eigenvalue weighted by atomic mass is 32.2. The lowest BCUT2D eigenvalue weighted by atomic mass is 10.1. The van der Waals surface area contributed by atoms with Crippen LogP contribution in [0.4, 0.5) is 0 Å². The molecule has 0 aromatic rings. The van der Waals surface area contributed by atoms with Crippen LogP contribution >= 0.6 is 11.8 Å². The molecule has 0 bridgehead atoms. The Morgan fingerprint density at radius 3 is 2.67 bits per heavy atom. The van der Waals surface area contributed by atoms with Crippen molar-refractivity contribution in [1.82, 2.24) is 5.32 Å². The SMILES string of the molecule is CNC(CCCCSC)C1CC1. The van der Waals surface area contributed by atoms with Gasteiger partial charge in [-0.1, -0.05) is 6.42 Å². The largest absolute Gasteiger partial charge is 0.317 e. The molecule has 72 valence electrons. The Kier molecular flexibility index (Phi) is 5.08. The van der Waals surface area contributed by atoms with E-state index in [-0.39, 0.29) is 0 Å². The lowest BCUT2D eigenvalue weighted by molar-refractivity contribution is 0.454. The predicted octanol–water partition coefficient (Wildman–Crippen LogP) is 2.52. The average molecular weight is 187 g/mol. The van der Waals surface area contributed by atoms with E-state index in [1.54, 1.807) is 0 Å². The van der Waals surface area contributed by atoms with E-state index in [0.717, 1.165) is 12.0 Å². The van der Waals surface area contributed by atoms with Crippen LogP contribution in [0.5, 0.6) is 0 Å². The van der Waals surface area contributed by atoms with Crippen LogP contribution < -0.4 is 5.32 Å². The minimum absolute atomic E-state index is 0.826. The van der Waals surface area contributed by atoms with Crippen LogP contribution in [0.2, 0.25) is 0 Å². The Hall–Kier alpha value is 0.310. The van der Waals surface area contributed by atoms with E-state index in [1.165, 1.54) is 37.9 Å². The van der Waals surface area contributed by atoms with Crippen LogP contribution in [0.3, 0.4) is 0 Å². The van der Waals surface area contributed by atoms with Gasteiger partial charge in [-0.25, -0.2) is 0 Å². The first-order chi connectivity index (χ1) is 5.88. The maximum atomic E-state index is 3.43. The van der Waals surface area contributed by atoms with E-state index in [4.69, 9.17) is 0 Å². The van der Waals surface area contributed by atoms with Gasteiger partial charge >= 0.3 is 0 Å². The molecule has 1 aliphatic rings. The number of hydrogen-bond acceptors (Lipinski definition) is 2. The summed E-state index contributed by atoms with van der Waals surface area (Å²) in [6, 6.07) is 0.826. The molecule has 1 atom stereocenters. The maximum Gasteiger partial charge on any atom is 0.00923 e. The van der Waals surface area contributed by atoms with Crippen LogP contribution in [0, 0.1) is 5.92 Å². The smallest absolute Gasteiger partial charge is 0.00923 e. The van der Waals surface area contributed by atoms with Crippen molar-refractivity contribution in [2.45, 2.75) is 38.1 Å². The number of hydrogen-bond donors (Lipinski definition) is 1. The van der Waals surface area contributed by atoms with E-state index in [1.807, 2.05) is 11.8 Å². The van der Waals surface area contributed by atoms with Gasteiger partial charge in [0, 0.05) is 6.04 Å². The van der Waals surface area contributed by atoms with E-state index < -0.39 is 0 Å². The molecule has 2 heteroatoms. The fraction of sp³-hybridized carbons (Fsp3) is 1.00. The summed E-state index contributed by atoms with van der Waals surface area (Å²) in [5.74, 6) is 2.35. The van der Waals surface area contributed by atoms with E-state index in [9.17, 15) is 0 Å². The lowest BCUT2D eigenvalue weighted by Crippen LogP contribution is -2.27. The predicted molar refractivity (Wildman–Crippen MR) is 57.8 cm³/mol. The summed E-state index contributed by atoms with van der Waals surface area (Å²) in [5.41, 5.74) is 0. The quantitative estimate of drug-likeness (QED) is 0.615. The molecule has 0 saturated heterocycles. The van der Waals surface area contributed by atoms with Gasteiger partial charge < -0.3 is 5.32 Å². The Bertz CT molecular complexity index is 112. The van der Waals surface area contributed by atoms with Gasteiger partial charge in [-0.3, -0.25) is 0 Å². The van der Waals surface area contributed by atoms with Crippen LogP contribution in [0.15, 0.2) is 0 Å². The van der Waals surface area contributed by atoms with Crippen molar-refractivity contribution in [2.75, 3.05) is 19.1 Å². The maximum absolute atomic E-state index is 3.43. The average Bonchev–Trinajstić information content (AvgIpc) is 2.88. The molecule has 0 aromatic carbocycles. The third kappa shape index (κ3) is 3.81. The first kappa shape index (κ1) is 10.4. The molecular formula is C10H21NS. The van der Waals surface area contributed by atoms with Gasteiger partial charge in [0.25, 0.3) is 0 Å². The summed E-state index contributed by atoms with van der Waals surface area (Å²) in [4.78, 5) is 0. The molecule has 1 rings (SSSR count). The molecule has 0 heterocycles. The van der Waals surface area contributed by atoms with E-state index in [2.05, 4.69) is 18.6 Å². The Morgan fingerprint density at radius 2 is 2.17 bits per heavy atom. The fourth-order valence-electron chi connectivity index (χ4n) is 1.72. The molecule has 0 radical (unpaired) electrons. The highest BCUT2D eigenvalue weighted by Gasteiger charge is 2.29. The Morgan fingerprint density at radius 1 is 1.42 bits per heavy atom. The minimum Gasteiger partial charge on any atom is -0.317 e. The second kappa shape index (κ2) is 5.87. The van der Waals surface area contributed by atoms with Gasteiger partial charge in [-0.15, -0.1) is 0 Å². The third-order valence-corrected chi connectivity index (χ3v) is 3.37. The molecule has 0 spiro atoms. The molecule has 1 fully saturated rings. The molecule has 12 heavy (non-hydrogen) atoms. The van der Waals surface area contributed by atoms with Crippen molar-refractivity contribution < 1.29 is 0 Å². The third-order valence-electron chi connectivity index (χ3n) is 2.68. The van der Waals surface area contributed by atoms with Crippen molar-refractivity contribution in [3.8, 4) is 0 Å². The van der Waals surface area contributed by atoms with E-state index in [0.29, 0.717) is 0 Å². The van der Waals surface area contributed by atoms with Crippen molar-refractivity contribution in [3.05, 3.63) is 0 Å². The summed E-state index contributed by atoms with van der Waals surface area (Å²) in [5, 5.41) is 3.43. The zero-order chi connectivity index (χ0) is 8.81. The summed E-state index contributed by atoms with van der Waals surface area (Å²) in [6.45, 7) is 0. The highest BCUT2D eigenvalue weighted by Crippen LogP contribution is 2.34. The van der Waals surface area contributed by atoms with Gasteiger partial charge in [0.1, 0.15) is 0 Å². The molecule has 1 N–H and O–H groups in total. The van der Waals surface area contributed by atoms with Gasteiger partial charge in [0.2, 0.25) is 0 Å². The topological polar surface area (TPSA) is 12.0 Å². The molecule has 0 aliphatic heterocycles. The van der Waals surface area contributed by atoms with Crippen LogP contribution in [-0.2, 0) is 0 Å². The minimum atomic E-state index is 0.826. The van der Waals surface area contributed by atoms with Crippen LogP contribution in [0.25, 0.3) is 0 Å². The molecule has 0 aromatic heterocycles. The number of nitrogens with one attached hydrogen (secondary N) is 1. The van der Waals surface area contributed by atoms with Crippen molar-refractivity contribution in [1.29, 1.82) is 0 Å². The molecule has 1 aliphatic carbocycles. The lowest BCUT2D eigenvalue weighted by Gasteiger charge is -2.14. The normalized spacial score (nSPS) is 19.5.